The highest BCUT2D eigenvalue weighted by Crippen LogP contribution is 2.26. The Morgan fingerprint density at radius 1 is 1.23 bits per heavy atom. The fourth-order valence-electron chi connectivity index (χ4n) is 3.28. The molecule has 0 unspecified atom stereocenters. The Bertz CT molecular complexity index is 1480. The summed E-state index contributed by atoms with van der Waals surface area (Å²) in [5, 5.41) is 17.7. The lowest BCUT2D eigenvalue weighted by Crippen LogP contribution is -2.21. The second-order valence-electron chi connectivity index (χ2n) is 6.72. The van der Waals surface area contributed by atoms with Crippen molar-refractivity contribution in [2.75, 3.05) is 0 Å². The lowest BCUT2D eigenvalue weighted by molar-refractivity contribution is -0.384. The van der Waals surface area contributed by atoms with Crippen molar-refractivity contribution >= 4 is 28.1 Å². The fraction of sp³-hybridized carbons (Fsp3) is 0.100. The summed E-state index contributed by atoms with van der Waals surface area (Å²) < 4.78 is 8.45. The van der Waals surface area contributed by atoms with Gasteiger partial charge < -0.3 is 4.42 Å². The van der Waals surface area contributed by atoms with Crippen molar-refractivity contribution in [2.45, 2.75) is 13.5 Å². The van der Waals surface area contributed by atoms with Crippen molar-refractivity contribution < 1.29 is 9.34 Å². The SMILES string of the molecule is Cc1oc(-c2cccs2)nc1Cn1cnc2c(cnn2-c2ccccc2[N+](=O)[O-])c1=O. The highest BCUT2D eigenvalue weighted by molar-refractivity contribution is 7.13. The first kappa shape index (κ1) is 18.9. The fourth-order valence-corrected chi connectivity index (χ4v) is 3.93. The van der Waals surface area contributed by atoms with Crippen LogP contribution in [-0.2, 0) is 6.54 Å². The smallest absolute Gasteiger partial charge is 0.294 e. The third-order valence-electron chi connectivity index (χ3n) is 4.81. The summed E-state index contributed by atoms with van der Waals surface area (Å²) in [4.78, 5) is 33.6. The largest absolute Gasteiger partial charge is 0.440 e. The van der Waals surface area contributed by atoms with Gasteiger partial charge in [0.15, 0.2) is 5.65 Å². The van der Waals surface area contributed by atoms with E-state index >= 15 is 0 Å². The van der Waals surface area contributed by atoms with Gasteiger partial charge in [-0.1, -0.05) is 18.2 Å². The lowest BCUT2D eigenvalue weighted by atomic mass is 10.2. The average molecular weight is 434 g/mol. The van der Waals surface area contributed by atoms with Crippen LogP contribution in [0.25, 0.3) is 27.5 Å². The van der Waals surface area contributed by atoms with Gasteiger partial charge in [-0.15, -0.1) is 11.3 Å². The molecule has 0 saturated heterocycles. The highest BCUT2D eigenvalue weighted by Gasteiger charge is 2.20. The van der Waals surface area contributed by atoms with E-state index in [0.717, 1.165) is 4.88 Å². The molecule has 11 heteroatoms. The van der Waals surface area contributed by atoms with E-state index in [2.05, 4.69) is 15.1 Å². The van der Waals surface area contributed by atoms with Crippen LogP contribution in [0.5, 0.6) is 0 Å². The minimum absolute atomic E-state index is 0.127. The number of hydrogen-bond acceptors (Lipinski definition) is 8. The number of rotatable bonds is 5. The molecule has 0 fully saturated rings. The molecule has 4 heterocycles. The molecule has 0 amide bonds. The Morgan fingerprint density at radius 3 is 2.84 bits per heavy atom. The van der Waals surface area contributed by atoms with Crippen LogP contribution in [0.1, 0.15) is 11.5 Å². The van der Waals surface area contributed by atoms with Gasteiger partial charge in [0.1, 0.15) is 28.9 Å². The third kappa shape index (κ3) is 3.20. The predicted molar refractivity (Wildman–Crippen MR) is 113 cm³/mol. The number of fused-ring (bicyclic) bond motifs is 1. The zero-order valence-corrected chi connectivity index (χ0v) is 16.9. The molecule has 5 rings (SSSR count). The number of thiophene rings is 1. The number of nitrogens with zero attached hydrogens (tertiary/aromatic N) is 6. The molecule has 4 aromatic heterocycles. The quantitative estimate of drug-likeness (QED) is 0.306. The number of aromatic nitrogens is 5. The summed E-state index contributed by atoms with van der Waals surface area (Å²) >= 11 is 1.52. The molecule has 31 heavy (non-hydrogen) atoms. The van der Waals surface area contributed by atoms with Crippen LogP contribution >= 0.6 is 11.3 Å². The summed E-state index contributed by atoms with van der Waals surface area (Å²) in [7, 11) is 0. The number of para-hydroxylation sites is 2. The van der Waals surface area contributed by atoms with E-state index in [1.54, 1.807) is 25.1 Å². The summed E-state index contributed by atoms with van der Waals surface area (Å²) in [6.45, 7) is 1.97. The van der Waals surface area contributed by atoms with Crippen molar-refractivity contribution in [3.63, 3.8) is 0 Å². The second-order valence-corrected chi connectivity index (χ2v) is 7.66. The Kier molecular flexibility index (Phi) is 4.44. The third-order valence-corrected chi connectivity index (χ3v) is 5.66. The van der Waals surface area contributed by atoms with Gasteiger partial charge in [0.25, 0.3) is 11.2 Å². The van der Waals surface area contributed by atoms with Crippen molar-refractivity contribution in [3.8, 4) is 16.5 Å². The van der Waals surface area contributed by atoms with Crippen LogP contribution in [0.15, 0.2) is 63.5 Å². The van der Waals surface area contributed by atoms with Gasteiger partial charge in [0, 0.05) is 6.07 Å². The molecule has 5 aromatic rings. The minimum atomic E-state index is -0.497. The first-order valence-electron chi connectivity index (χ1n) is 9.20. The molecule has 0 aliphatic heterocycles. The molecule has 0 atom stereocenters. The minimum Gasteiger partial charge on any atom is -0.440 e. The van der Waals surface area contributed by atoms with Crippen LogP contribution in [0.2, 0.25) is 0 Å². The molecule has 154 valence electrons. The zero-order valence-electron chi connectivity index (χ0n) is 16.1. The summed E-state index contributed by atoms with van der Waals surface area (Å²) in [5.41, 5.74) is 0.650. The van der Waals surface area contributed by atoms with Crippen molar-refractivity contribution in [1.29, 1.82) is 0 Å². The molecule has 0 saturated carbocycles. The van der Waals surface area contributed by atoms with E-state index in [4.69, 9.17) is 4.42 Å². The molecule has 0 aliphatic rings. The van der Waals surface area contributed by atoms with Gasteiger partial charge in [-0.05, 0) is 24.4 Å². The molecular formula is C20H14N6O4S. The van der Waals surface area contributed by atoms with Crippen LogP contribution in [0.3, 0.4) is 0 Å². The number of hydrogen-bond donors (Lipinski definition) is 0. The van der Waals surface area contributed by atoms with E-state index < -0.39 is 4.92 Å². The maximum atomic E-state index is 13.0. The number of aryl methyl sites for hydroxylation is 1. The average Bonchev–Trinajstić information content (AvgIpc) is 3.50. The number of oxazole rings is 1. The van der Waals surface area contributed by atoms with Gasteiger partial charge in [0.05, 0.1) is 22.5 Å². The normalized spacial score (nSPS) is 11.3. The van der Waals surface area contributed by atoms with Crippen LogP contribution < -0.4 is 5.56 Å². The molecule has 0 bridgehead atoms. The van der Waals surface area contributed by atoms with Crippen LogP contribution in [-0.4, -0.2) is 29.2 Å². The molecular weight excluding hydrogens is 420 g/mol. The molecule has 0 aliphatic carbocycles. The second kappa shape index (κ2) is 7.29. The van der Waals surface area contributed by atoms with Gasteiger partial charge >= 0.3 is 0 Å². The highest BCUT2D eigenvalue weighted by atomic mass is 32.1. The summed E-state index contributed by atoms with van der Waals surface area (Å²) in [5.74, 6) is 1.12. The standard InChI is InChI=1S/C20H14N6O4S/c1-12-14(23-19(30-12)17-7-4-8-31-17)10-24-11-21-18-13(20(24)27)9-22-25(18)15-5-2-3-6-16(15)26(28)29/h2-9,11H,10H2,1H3. The summed E-state index contributed by atoms with van der Waals surface area (Å²) in [6.07, 6.45) is 2.75. The van der Waals surface area contributed by atoms with Gasteiger partial charge in [-0.2, -0.15) is 5.10 Å². The first-order chi connectivity index (χ1) is 15.0. The van der Waals surface area contributed by atoms with E-state index in [-0.39, 0.29) is 34.5 Å². The van der Waals surface area contributed by atoms with Gasteiger partial charge in [-0.3, -0.25) is 19.5 Å². The molecule has 1 aromatic carbocycles. The molecule has 0 radical (unpaired) electrons. The maximum absolute atomic E-state index is 13.0. The molecule has 0 N–H and O–H groups in total. The Balaban J connectivity index is 1.55. The lowest BCUT2D eigenvalue weighted by Gasteiger charge is -2.06. The summed E-state index contributed by atoms with van der Waals surface area (Å²) in [6, 6.07) is 9.99. The van der Waals surface area contributed by atoms with Crippen molar-refractivity contribution in [1.82, 2.24) is 24.3 Å². The van der Waals surface area contributed by atoms with Crippen LogP contribution in [0, 0.1) is 17.0 Å². The topological polar surface area (TPSA) is 122 Å². The van der Waals surface area contributed by atoms with Crippen molar-refractivity contribution in [2.24, 2.45) is 0 Å². The number of benzene rings is 1. The number of nitro benzene ring substituents is 1. The van der Waals surface area contributed by atoms with Crippen LogP contribution in [0.4, 0.5) is 5.69 Å². The monoisotopic (exact) mass is 434 g/mol. The predicted octanol–water partition coefficient (Wildman–Crippen LogP) is 3.56. The molecule has 0 spiro atoms. The number of nitro groups is 1. The Labute approximate surface area is 178 Å². The van der Waals surface area contributed by atoms with E-state index in [0.29, 0.717) is 17.3 Å². The van der Waals surface area contributed by atoms with E-state index in [1.807, 2.05) is 17.5 Å². The van der Waals surface area contributed by atoms with E-state index in [1.165, 1.54) is 39.2 Å². The van der Waals surface area contributed by atoms with Gasteiger partial charge in [0.2, 0.25) is 5.89 Å². The molecule has 10 nitrogen and oxygen atoms in total. The van der Waals surface area contributed by atoms with E-state index in [9.17, 15) is 14.9 Å². The van der Waals surface area contributed by atoms with Crippen molar-refractivity contribution in [3.05, 3.63) is 86.2 Å². The maximum Gasteiger partial charge on any atom is 0.294 e. The Morgan fingerprint density at radius 2 is 2.06 bits per heavy atom. The zero-order chi connectivity index (χ0) is 21.5. The first-order valence-corrected chi connectivity index (χ1v) is 10.1. The Hall–Kier alpha value is -4.12. The van der Waals surface area contributed by atoms with Gasteiger partial charge in [-0.25, -0.2) is 14.6 Å².